The first-order valence-electron chi connectivity index (χ1n) is 5.79. The Hall–Kier alpha value is -1.71. The van der Waals surface area contributed by atoms with Crippen molar-refractivity contribution < 1.29 is 14.9 Å². The van der Waals surface area contributed by atoms with Crippen LogP contribution in [0.2, 0.25) is 0 Å². The van der Waals surface area contributed by atoms with Crippen LogP contribution in [0.1, 0.15) is 25.0 Å². The van der Waals surface area contributed by atoms with Gasteiger partial charge in [0.2, 0.25) is 5.88 Å². The average molecular weight is 247 g/mol. The summed E-state index contributed by atoms with van der Waals surface area (Å²) in [5.41, 5.74) is 0.0640. The fourth-order valence-electron chi connectivity index (χ4n) is 3.19. The number of nitriles is 1. The zero-order chi connectivity index (χ0) is 12.8. The monoisotopic (exact) mass is 247 g/mol. The molecule has 3 aliphatic carbocycles. The van der Waals surface area contributed by atoms with Gasteiger partial charge in [0.15, 0.2) is 12.0 Å². The van der Waals surface area contributed by atoms with Gasteiger partial charge in [-0.15, -0.1) is 0 Å². The average Bonchev–Trinajstić information content (AvgIpc) is 2.26. The fourth-order valence-corrected chi connectivity index (χ4v) is 3.19. The van der Waals surface area contributed by atoms with Gasteiger partial charge < -0.3 is 14.9 Å². The van der Waals surface area contributed by atoms with Gasteiger partial charge >= 0.3 is 0 Å². The molecule has 0 saturated heterocycles. The molecular formula is C12H13N3O3. The highest BCUT2D eigenvalue weighted by atomic mass is 16.5. The van der Waals surface area contributed by atoms with E-state index in [1.807, 2.05) is 6.07 Å². The summed E-state index contributed by atoms with van der Waals surface area (Å²) in [6, 6.07) is 1.89. The maximum atomic E-state index is 9.19. The third-order valence-corrected chi connectivity index (χ3v) is 4.00. The number of hydrogen-bond acceptors (Lipinski definition) is 6. The van der Waals surface area contributed by atoms with Crippen molar-refractivity contribution in [3.63, 3.8) is 0 Å². The SMILES string of the molecule is N#Cc1cnc(OCC23CC(C(O)O)(C2)C3)cn1. The maximum absolute atomic E-state index is 9.19. The quantitative estimate of drug-likeness (QED) is 0.738. The van der Waals surface area contributed by atoms with Crippen LogP contribution in [0.25, 0.3) is 0 Å². The molecule has 4 rings (SSSR count). The van der Waals surface area contributed by atoms with Gasteiger partial charge in [0.25, 0.3) is 0 Å². The van der Waals surface area contributed by atoms with Crippen LogP contribution in [0.5, 0.6) is 5.88 Å². The van der Waals surface area contributed by atoms with E-state index in [9.17, 15) is 10.2 Å². The molecule has 0 aromatic carbocycles. The van der Waals surface area contributed by atoms with Gasteiger partial charge in [-0.2, -0.15) is 5.26 Å². The number of aromatic nitrogens is 2. The van der Waals surface area contributed by atoms with Gasteiger partial charge in [-0.1, -0.05) is 0 Å². The van der Waals surface area contributed by atoms with Gasteiger partial charge in [-0.3, -0.25) is 0 Å². The van der Waals surface area contributed by atoms with E-state index < -0.39 is 6.29 Å². The lowest BCUT2D eigenvalue weighted by atomic mass is 9.35. The molecule has 3 aliphatic rings. The van der Waals surface area contributed by atoms with Crippen LogP contribution in [-0.2, 0) is 0 Å². The summed E-state index contributed by atoms with van der Waals surface area (Å²) in [5.74, 6) is 0.400. The van der Waals surface area contributed by atoms with Crippen molar-refractivity contribution in [3.05, 3.63) is 18.1 Å². The van der Waals surface area contributed by atoms with E-state index in [-0.39, 0.29) is 16.5 Å². The van der Waals surface area contributed by atoms with Crippen LogP contribution in [0.3, 0.4) is 0 Å². The normalized spacial score (nSPS) is 32.3. The Bertz CT molecular complexity index is 487. The van der Waals surface area contributed by atoms with Crippen molar-refractivity contribution in [2.24, 2.45) is 10.8 Å². The van der Waals surface area contributed by atoms with Crippen molar-refractivity contribution in [2.45, 2.75) is 25.6 Å². The molecule has 0 unspecified atom stereocenters. The molecule has 0 amide bonds. The van der Waals surface area contributed by atoms with E-state index in [4.69, 9.17) is 10.00 Å². The Morgan fingerprint density at radius 2 is 2.06 bits per heavy atom. The lowest BCUT2D eigenvalue weighted by Crippen LogP contribution is -2.68. The highest BCUT2D eigenvalue weighted by Gasteiger charge is 2.70. The maximum Gasteiger partial charge on any atom is 0.232 e. The molecule has 0 radical (unpaired) electrons. The molecule has 1 aromatic rings. The first kappa shape index (κ1) is 11.4. The van der Waals surface area contributed by atoms with Gasteiger partial charge in [-0.25, -0.2) is 9.97 Å². The first-order valence-corrected chi connectivity index (χ1v) is 5.79. The minimum atomic E-state index is -1.21. The Morgan fingerprint density at radius 1 is 1.33 bits per heavy atom. The Kier molecular flexibility index (Phi) is 2.30. The van der Waals surface area contributed by atoms with Crippen LogP contribution >= 0.6 is 0 Å². The number of hydrogen-bond donors (Lipinski definition) is 2. The van der Waals surface area contributed by atoms with Gasteiger partial charge in [0.05, 0.1) is 19.0 Å². The largest absolute Gasteiger partial charge is 0.476 e. The fraction of sp³-hybridized carbons (Fsp3) is 0.583. The van der Waals surface area contributed by atoms with Crippen LogP contribution < -0.4 is 4.74 Å². The van der Waals surface area contributed by atoms with E-state index in [0.29, 0.717) is 12.5 Å². The third-order valence-electron chi connectivity index (χ3n) is 4.00. The zero-order valence-corrected chi connectivity index (χ0v) is 9.70. The van der Waals surface area contributed by atoms with Crippen molar-refractivity contribution >= 4 is 0 Å². The van der Waals surface area contributed by atoms with Gasteiger partial charge in [-0.05, 0) is 19.3 Å². The minimum Gasteiger partial charge on any atom is -0.476 e. The number of aliphatic hydroxyl groups excluding tert-OH is 1. The molecule has 0 atom stereocenters. The summed E-state index contributed by atoms with van der Waals surface area (Å²) < 4.78 is 5.53. The molecule has 0 aliphatic heterocycles. The molecule has 2 bridgehead atoms. The van der Waals surface area contributed by atoms with E-state index in [1.54, 1.807) is 0 Å². The number of ether oxygens (including phenoxy) is 1. The summed E-state index contributed by atoms with van der Waals surface area (Å²) in [6.07, 6.45) is 3.97. The molecule has 3 saturated carbocycles. The lowest BCUT2D eigenvalue weighted by molar-refractivity contribution is -0.315. The van der Waals surface area contributed by atoms with Crippen LogP contribution in [0, 0.1) is 22.2 Å². The van der Waals surface area contributed by atoms with Crippen LogP contribution in [0.4, 0.5) is 0 Å². The second-order valence-electron chi connectivity index (χ2n) is 5.41. The molecule has 2 N–H and O–H groups in total. The molecule has 0 spiro atoms. The third kappa shape index (κ3) is 1.55. The molecule has 6 nitrogen and oxygen atoms in total. The van der Waals surface area contributed by atoms with E-state index in [2.05, 4.69) is 9.97 Å². The number of nitrogens with zero attached hydrogens (tertiary/aromatic N) is 3. The van der Waals surface area contributed by atoms with Crippen molar-refractivity contribution in [1.82, 2.24) is 9.97 Å². The molecule has 18 heavy (non-hydrogen) atoms. The minimum absolute atomic E-state index is 0.0826. The molecule has 94 valence electrons. The first-order chi connectivity index (χ1) is 8.57. The van der Waals surface area contributed by atoms with Gasteiger partial charge in [0.1, 0.15) is 6.07 Å². The summed E-state index contributed by atoms with van der Waals surface area (Å²) in [4.78, 5) is 7.84. The van der Waals surface area contributed by atoms with Crippen LogP contribution in [0.15, 0.2) is 12.4 Å². The van der Waals surface area contributed by atoms with Crippen molar-refractivity contribution in [1.29, 1.82) is 5.26 Å². The molecule has 3 fully saturated rings. The van der Waals surface area contributed by atoms with E-state index in [0.717, 1.165) is 19.3 Å². The summed E-state index contributed by atoms with van der Waals surface area (Å²) >= 11 is 0. The molecule has 6 heteroatoms. The Balaban J connectivity index is 1.53. The van der Waals surface area contributed by atoms with Gasteiger partial charge in [0, 0.05) is 10.8 Å². The van der Waals surface area contributed by atoms with Crippen molar-refractivity contribution in [2.75, 3.05) is 6.61 Å². The molecule has 1 aromatic heterocycles. The predicted molar refractivity (Wildman–Crippen MR) is 59.2 cm³/mol. The predicted octanol–water partition coefficient (Wildman–Crippen LogP) is 0.208. The van der Waals surface area contributed by atoms with E-state index in [1.165, 1.54) is 12.4 Å². The summed E-state index contributed by atoms with van der Waals surface area (Å²) in [7, 11) is 0. The molecule has 1 heterocycles. The van der Waals surface area contributed by atoms with Crippen LogP contribution in [-0.4, -0.2) is 33.1 Å². The zero-order valence-electron chi connectivity index (χ0n) is 9.70. The number of aliphatic hydroxyl groups is 2. The molecular weight excluding hydrogens is 234 g/mol. The smallest absolute Gasteiger partial charge is 0.232 e. The Labute approximate surface area is 104 Å². The van der Waals surface area contributed by atoms with E-state index >= 15 is 0 Å². The summed E-state index contributed by atoms with van der Waals surface area (Å²) in [5, 5.41) is 27.0. The standard InChI is InChI=1S/C12H13N3O3/c13-1-8-2-15-9(3-14-8)18-7-11-4-12(5-11,6-11)10(16)17/h2-3,10,16-17H,4-7H2. The highest BCUT2D eigenvalue weighted by Crippen LogP contribution is 2.74. The Morgan fingerprint density at radius 3 is 2.56 bits per heavy atom. The highest BCUT2D eigenvalue weighted by molar-refractivity contribution is 5.20. The number of rotatable bonds is 4. The second-order valence-corrected chi connectivity index (χ2v) is 5.41. The summed E-state index contributed by atoms with van der Waals surface area (Å²) in [6.45, 7) is 0.516. The second kappa shape index (κ2) is 3.64. The topological polar surface area (TPSA) is 99.3 Å². The lowest BCUT2D eigenvalue weighted by Gasteiger charge is -2.70. The van der Waals surface area contributed by atoms with Crippen molar-refractivity contribution in [3.8, 4) is 11.9 Å².